The summed E-state index contributed by atoms with van der Waals surface area (Å²) < 4.78 is 88.9. The van der Waals surface area contributed by atoms with Gasteiger partial charge >= 0.3 is 20.1 Å². The third kappa shape index (κ3) is 9.80. The minimum atomic E-state index is -5.03. The number of carbonyl (C=O) groups excluding carboxylic acids is 2. The Morgan fingerprint density at radius 3 is 2.09 bits per heavy atom. The molecule has 0 saturated heterocycles. The molecule has 0 amide bonds. The summed E-state index contributed by atoms with van der Waals surface area (Å²) in [6.07, 6.45) is -5.71. The number of hydrogen-bond acceptors (Lipinski definition) is 17. The number of ether oxygens (including phenoxy) is 6. The maximum absolute atomic E-state index is 16.0. The van der Waals surface area contributed by atoms with Crippen molar-refractivity contribution in [3.05, 3.63) is 6.33 Å². The van der Waals surface area contributed by atoms with Crippen LogP contribution in [0.2, 0.25) is 0 Å². The molecule has 2 aromatic rings. The van der Waals surface area contributed by atoms with Crippen LogP contribution in [-0.4, -0.2) is 95.1 Å². The number of anilines is 1. The Labute approximate surface area is 250 Å². The second kappa shape index (κ2) is 15.5. The van der Waals surface area contributed by atoms with E-state index in [0.29, 0.717) is 0 Å². The number of alkyl halides is 2. The number of imidazole rings is 1. The monoisotopic (exact) mass is 659 g/mol. The zero-order valence-electron chi connectivity index (χ0n) is 25.1. The minimum Gasteiger partial charge on any atom is -0.476 e. The van der Waals surface area contributed by atoms with Crippen LogP contribution < -0.4 is 10.5 Å². The summed E-state index contributed by atoms with van der Waals surface area (Å²) in [6.45, 7) is 4.97. The molecule has 2 aromatic heterocycles. The Morgan fingerprint density at radius 1 is 1.07 bits per heavy atom. The Balaban J connectivity index is 2.28. The van der Waals surface area contributed by atoms with E-state index in [-0.39, 0.29) is 29.6 Å². The maximum atomic E-state index is 16.0. The van der Waals surface area contributed by atoms with Crippen molar-refractivity contribution in [1.82, 2.24) is 19.5 Å². The van der Waals surface area contributed by atoms with Gasteiger partial charge in [-0.1, -0.05) is 0 Å². The van der Waals surface area contributed by atoms with Crippen LogP contribution >= 0.6 is 7.82 Å². The number of carbonyl (C=O) groups is 2. The van der Waals surface area contributed by atoms with Gasteiger partial charge in [-0.2, -0.15) is 9.97 Å². The Morgan fingerprint density at radius 2 is 1.61 bits per heavy atom. The topological polar surface area (TPSA) is 224 Å². The highest BCUT2D eigenvalue weighted by molar-refractivity contribution is 7.48. The lowest BCUT2D eigenvalue weighted by atomic mass is 10.0. The molecule has 0 aliphatic heterocycles. The van der Waals surface area contributed by atoms with Gasteiger partial charge in [0, 0.05) is 7.11 Å². The van der Waals surface area contributed by atoms with E-state index in [1.54, 1.807) is 6.92 Å². The smallest absolute Gasteiger partial charge is 0.476 e. The van der Waals surface area contributed by atoms with E-state index in [1.165, 1.54) is 27.7 Å². The lowest BCUT2D eigenvalue weighted by Crippen LogP contribution is -2.54. The normalized spacial score (nSPS) is 15.5. The van der Waals surface area contributed by atoms with Crippen LogP contribution in [0.1, 0.15) is 41.5 Å². The van der Waals surface area contributed by atoms with Crippen LogP contribution in [0.5, 0.6) is 5.88 Å². The lowest BCUT2D eigenvalue weighted by Gasteiger charge is -2.37. The molecule has 2 rings (SSSR count). The summed E-state index contributed by atoms with van der Waals surface area (Å²) in [6, 6.07) is 0. The molecule has 18 nitrogen and oxygen atoms in total. The fraction of sp³-hybridized carbons (Fsp3) is 0.696. The summed E-state index contributed by atoms with van der Waals surface area (Å²) in [5.41, 5.74) is 2.64. The first-order valence-electron chi connectivity index (χ1n) is 12.9. The Bertz CT molecular complexity index is 1280. The molecule has 21 heteroatoms. The van der Waals surface area contributed by atoms with E-state index in [1.807, 2.05) is 0 Å². The van der Waals surface area contributed by atoms with E-state index < -0.39 is 70.3 Å². The molecule has 2 heterocycles. The number of methoxy groups -OCH3 is 1. The van der Waals surface area contributed by atoms with Crippen molar-refractivity contribution in [2.75, 3.05) is 39.6 Å². The predicted molar refractivity (Wildman–Crippen MR) is 143 cm³/mol. The highest BCUT2D eigenvalue weighted by Crippen LogP contribution is 2.51. The first kappa shape index (κ1) is 36.8. The van der Waals surface area contributed by atoms with Crippen LogP contribution in [0.4, 0.5) is 24.3 Å². The minimum absolute atomic E-state index is 0.0232. The van der Waals surface area contributed by atoms with Crippen molar-refractivity contribution >= 4 is 37.2 Å². The Hall–Kier alpha value is -3.42. The van der Waals surface area contributed by atoms with Gasteiger partial charge in [0.05, 0.1) is 25.1 Å². The highest BCUT2D eigenvalue weighted by Gasteiger charge is 2.54. The number of phosphoric acid groups is 1. The van der Waals surface area contributed by atoms with Crippen molar-refractivity contribution in [3.63, 3.8) is 0 Å². The maximum Gasteiger partial charge on any atom is 0.510 e. The number of halogens is 2. The zero-order chi connectivity index (χ0) is 33.3. The van der Waals surface area contributed by atoms with Crippen molar-refractivity contribution in [2.24, 2.45) is 0 Å². The molecule has 44 heavy (non-hydrogen) atoms. The lowest BCUT2D eigenvalue weighted by molar-refractivity contribution is -0.249. The fourth-order valence-electron chi connectivity index (χ4n) is 3.23. The van der Waals surface area contributed by atoms with E-state index in [4.69, 9.17) is 33.5 Å². The van der Waals surface area contributed by atoms with Crippen molar-refractivity contribution in [3.8, 4) is 5.88 Å². The Kier molecular flexibility index (Phi) is 13.0. The average molecular weight is 660 g/mol. The standard InChI is InChI=1S/C23H36F2N5O13P/c1-8-36-17-15-16(28-19(26)29-17)30(10-27-15)22(6,33)18(24)23(25,35-7)9-39-44(34,40-11-37-20(31)42-13(2)3)41-12-38-21(32)43-14(4)5/h10,13-14,18,33H,8-9,11-12H2,1-7H3,(H2,26,28,29)/t18-,22+,23+/m0/s1. The number of nitrogens with two attached hydrogens (primary N) is 1. The van der Waals surface area contributed by atoms with Crippen LogP contribution in [0.3, 0.4) is 0 Å². The van der Waals surface area contributed by atoms with Gasteiger partial charge in [-0.3, -0.25) is 9.09 Å². The molecule has 0 saturated carbocycles. The number of nitrogen functional groups attached to an aromatic ring is 1. The summed E-state index contributed by atoms with van der Waals surface area (Å²) >= 11 is 0. The largest absolute Gasteiger partial charge is 0.510 e. The second-order valence-electron chi connectivity index (χ2n) is 9.39. The summed E-state index contributed by atoms with van der Waals surface area (Å²) in [5.74, 6) is -3.96. The third-order valence-corrected chi connectivity index (χ3v) is 6.50. The molecule has 250 valence electrons. The number of nitrogens with zero attached hydrogens (tertiary/aromatic N) is 4. The number of fused-ring (bicyclic) bond motifs is 1. The highest BCUT2D eigenvalue weighted by atomic mass is 31.2. The molecular weight excluding hydrogens is 623 g/mol. The molecule has 0 fully saturated rings. The molecule has 0 aliphatic rings. The van der Waals surface area contributed by atoms with E-state index >= 15 is 8.78 Å². The molecule has 3 N–H and O–H groups in total. The van der Waals surface area contributed by atoms with Gasteiger partial charge in [0.15, 0.2) is 16.9 Å². The quantitative estimate of drug-likeness (QED) is 0.141. The summed E-state index contributed by atoms with van der Waals surface area (Å²) in [4.78, 5) is 35.1. The number of aliphatic hydroxyl groups is 1. The predicted octanol–water partition coefficient (Wildman–Crippen LogP) is 3.32. The number of phosphoric ester groups is 1. The van der Waals surface area contributed by atoms with Gasteiger partial charge in [-0.25, -0.2) is 37.0 Å². The first-order chi connectivity index (χ1) is 20.5. The second-order valence-corrected chi connectivity index (χ2v) is 11.1. The number of rotatable bonds is 17. The zero-order valence-corrected chi connectivity index (χ0v) is 25.9. The summed E-state index contributed by atoms with van der Waals surface area (Å²) in [5, 5.41) is 11.2. The van der Waals surface area contributed by atoms with E-state index in [9.17, 15) is 19.3 Å². The van der Waals surface area contributed by atoms with Crippen LogP contribution in [-0.2, 0) is 47.5 Å². The molecule has 3 atom stereocenters. The van der Waals surface area contributed by atoms with E-state index in [0.717, 1.165) is 24.9 Å². The van der Waals surface area contributed by atoms with Crippen LogP contribution in [0, 0.1) is 0 Å². The van der Waals surface area contributed by atoms with Crippen molar-refractivity contribution in [1.29, 1.82) is 0 Å². The third-order valence-electron chi connectivity index (χ3n) is 5.21. The number of hydrogen-bond donors (Lipinski definition) is 2. The molecule has 0 spiro atoms. The van der Waals surface area contributed by atoms with Gasteiger partial charge in [0.2, 0.25) is 31.6 Å². The SMILES string of the molecule is CCOc1nc(N)nc2c1ncn2[C@](C)(O)[C@H](F)[C@@](F)(COP(=O)(OCOC(=O)OC(C)C)OCOC(=O)OC(C)C)OC. The van der Waals surface area contributed by atoms with Gasteiger partial charge < -0.3 is 39.3 Å². The summed E-state index contributed by atoms with van der Waals surface area (Å²) in [7, 11) is -4.30. The van der Waals surface area contributed by atoms with Crippen LogP contribution in [0.25, 0.3) is 11.2 Å². The molecule has 0 unspecified atom stereocenters. The van der Waals surface area contributed by atoms with Crippen LogP contribution in [0.15, 0.2) is 6.33 Å². The molecule has 0 bridgehead atoms. The van der Waals surface area contributed by atoms with Gasteiger partial charge in [0.25, 0.3) is 5.85 Å². The van der Waals surface area contributed by atoms with Crippen molar-refractivity contribution in [2.45, 2.75) is 71.5 Å². The fourth-order valence-corrected chi connectivity index (χ4v) is 4.16. The molecular formula is C23H36F2N5O13P. The molecule has 0 aliphatic carbocycles. The first-order valence-corrected chi connectivity index (χ1v) is 14.4. The average Bonchev–Trinajstić information content (AvgIpc) is 3.35. The van der Waals surface area contributed by atoms with Crippen molar-refractivity contribution < 1.29 is 70.0 Å². The number of aromatic nitrogens is 4. The van der Waals surface area contributed by atoms with Gasteiger partial charge in [0.1, 0.15) is 6.61 Å². The van der Waals surface area contributed by atoms with Gasteiger partial charge in [-0.05, 0) is 41.5 Å². The molecule has 0 radical (unpaired) electrons. The van der Waals surface area contributed by atoms with Gasteiger partial charge in [-0.15, -0.1) is 0 Å². The molecule has 0 aromatic carbocycles. The van der Waals surface area contributed by atoms with E-state index in [2.05, 4.69) is 29.2 Å².